The molecule has 0 aromatic carbocycles. The Bertz CT molecular complexity index is 1170. The molecule has 4 aliphatic rings. The van der Waals surface area contributed by atoms with E-state index in [1.807, 2.05) is 19.9 Å². The number of aromatic nitrogens is 4. The highest BCUT2D eigenvalue weighted by Gasteiger charge is 2.57. The lowest BCUT2D eigenvalue weighted by Crippen LogP contribution is -2.63. The van der Waals surface area contributed by atoms with E-state index in [0.29, 0.717) is 23.7 Å². The molecule has 3 N–H and O–H groups in total. The first-order valence-electron chi connectivity index (χ1n) is 12.1. The molecule has 0 aliphatic heterocycles. The molecule has 10 nitrogen and oxygen atoms in total. The molecule has 35 heavy (non-hydrogen) atoms. The predicted molar refractivity (Wildman–Crippen MR) is 127 cm³/mol. The number of nitrogens with two attached hydrogens (primary N) is 1. The SMILES string of the molecule is CC(C)(/C=C/n1ncc(C(=O)N[C@H]2C3CC4CC2C[C@](OC(N)=O)(C4)C3)c1-n1cccn1)CC#N. The predicted octanol–water partition coefficient (Wildman–Crippen LogP) is 3.25. The van der Waals surface area contributed by atoms with E-state index in [4.69, 9.17) is 15.7 Å². The summed E-state index contributed by atoms with van der Waals surface area (Å²) in [6.45, 7) is 3.94. The van der Waals surface area contributed by atoms with Crippen LogP contribution in [-0.4, -0.2) is 43.2 Å². The molecular formula is C25H31N7O3. The first-order chi connectivity index (χ1) is 16.7. The Morgan fingerprint density at radius 3 is 2.69 bits per heavy atom. The zero-order chi connectivity index (χ0) is 24.8. The zero-order valence-corrected chi connectivity index (χ0v) is 20.1. The van der Waals surface area contributed by atoms with E-state index in [0.717, 1.165) is 32.1 Å². The van der Waals surface area contributed by atoms with Gasteiger partial charge in [-0.3, -0.25) is 4.79 Å². The monoisotopic (exact) mass is 477 g/mol. The van der Waals surface area contributed by atoms with Gasteiger partial charge in [-0.1, -0.05) is 19.9 Å². The second-order valence-electron chi connectivity index (χ2n) is 11.0. The highest BCUT2D eigenvalue weighted by molar-refractivity contribution is 5.97. The summed E-state index contributed by atoms with van der Waals surface area (Å²) in [6.07, 6.45) is 12.7. The standard InChI is InChI=1S/C25H31N7O3/c1-24(2,4-6-26)5-9-32-22(31-8-3-7-28-31)19(15-29-32)21(33)30-20-17-10-16-11-18(20)14-25(12-16,13-17)35-23(27)34/h3,5,7-9,15-18,20H,4,10-14H2,1-2H3,(H2,27,34)(H,30,33)/b9-5+/t16?,17?,18?,20-,25-. The van der Waals surface area contributed by atoms with Crippen molar-refractivity contribution >= 4 is 18.2 Å². The van der Waals surface area contributed by atoms with Gasteiger partial charge in [0.25, 0.3) is 5.91 Å². The largest absolute Gasteiger partial charge is 0.443 e. The lowest BCUT2D eigenvalue weighted by atomic mass is 9.52. The normalized spacial score (nSPS) is 29.3. The van der Waals surface area contributed by atoms with Gasteiger partial charge in [0.05, 0.1) is 12.3 Å². The van der Waals surface area contributed by atoms with Gasteiger partial charge in [0.1, 0.15) is 11.2 Å². The van der Waals surface area contributed by atoms with Crippen molar-refractivity contribution in [3.8, 4) is 11.9 Å². The molecule has 10 heteroatoms. The van der Waals surface area contributed by atoms with Gasteiger partial charge in [0, 0.05) is 31.1 Å². The summed E-state index contributed by atoms with van der Waals surface area (Å²) in [5, 5.41) is 21.1. The van der Waals surface area contributed by atoms with Crippen LogP contribution in [0.15, 0.2) is 30.7 Å². The third-order valence-electron chi connectivity index (χ3n) is 7.77. The third kappa shape index (κ3) is 4.43. The topological polar surface area (TPSA) is 141 Å². The van der Waals surface area contributed by atoms with Crippen molar-refractivity contribution in [1.82, 2.24) is 24.9 Å². The van der Waals surface area contributed by atoms with Crippen LogP contribution in [-0.2, 0) is 4.74 Å². The maximum absolute atomic E-state index is 13.5. The van der Waals surface area contributed by atoms with Gasteiger partial charge in [-0.05, 0) is 61.3 Å². The second kappa shape index (κ2) is 8.56. The second-order valence-corrected chi connectivity index (χ2v) is 11.0. The van der Waals surface area contributed by atoms with Gasteiger partial charge in [0.2, 0.25) is 0 Å². The van der Waals surface area contributed by atoms with Crippen LogP contribution >= 0.6 is 0 Å². The van der Waals surface area contributed by atoms with Gasteiger partial charge >= 0.3 is 6.09 Å². The Balaban J connectivity index is 1.39. The van der Waals surface area contributed by atoms with E-state index in [-0.39, 0.29) is 29.2 Å². The zero-order valence-electron chi connectivity index (χ0n) is 20.1. The number of hydrogen-bond acceptors (Lipinski definition) is 6. The van der Waals surface area contributed by atoms with E-state index >= 15 is 0 Å². The molecule has 2 amide bonds. The Hall–Kier alpha value is -3.61. The van der Waals surface area contributed by atoms with E-state index in [2.05, 4.69) is 21.6 Å². The minimum Gasteiger partial charge on any atom is -0.443 e. The number of carbonyl (C=O) groups excluding carboxylic acids is 2. The Labute approximate surface area is 204 Å². The van der Waals surface area contributed by atoms with Crippen molar-refractivity contribution in [3.63, 3.8) is 0 Å². The summed E-state index contributed by atoms with van der Waals surface area (Å²) in [5.74, 6) is 1.34. The van der Waals surface area contributed by atoms with Crippen LogP contribution in [0.25, 0.3) is 12.0 Å². The number of primary amides is 1. The fourth-order valence-electron chi connectivity index (χ4n) is 6.54. The molecule has 2 unspecified atom stereocenters. The molecule has 4 fully saturated rings. The molecule has 0 spiro atoms. The average Bonchev–Trinajstić information content (AvgIpc) is 3.43. The van der Waals surface area contributed by atoms with Crippen LogP contribution < -0.4 is 11.1 Å². The van der Waals surface area contributed by atoms with E-state index in [1.54, 1.807) is 40.2 Å². The summed E-state index contributed by atoms with van der Waals surface area (Å²) >= 11 is 0. The molecule has 2 aromatic heterocycles. The van der Waals surface area contributed by atoms with Crippen molar-refractivity contribution in [2.24, 2.45) is 28.9 Å². The van der Waals surface area contributed by atoms with Crippen LogP contribution in [0.5, 0.6) is 0 Å². The lowest BCUT2D eigenvalue weighted by Gasteiger charge is -2.58. The molecule has 4 saturated carbocycles. The van der Waals surface area contributed by atoms with Gasteiger partial charge < -0.3 is 15.8 Å². The molecule has 0 radical (unpaired) electrons. The number of amides is 2. The molecular weight excluding hydrogens is 446 g/mol. The van der Waals surface area contributed by atoms with Crippen LogP contribution in [0.4, 0.5) is 4.79 Å². The molecule has 184 valence electrons. The summed E-state index contributed by atoms with van der Waals surface area (Å²) in [6, 6.07) is 4.00. The fraction of sp³-hybridized carbons (Fsp3) is 0.560. The third-order valence-corrected chi connectivity index (χ3v) is 7.77. The maximum atomic E-state index is 13.5. The van der Waals surface area contributed by atoms with E-state index in [9.17, 15) is 9.59 Å². The van der Waals surface area contributed by atoms with Gasteiger partial charge in [-0.2, -0.15) is 15.5 Å². The highest BCUT2D eigenvalue weighted by Crippen LogP contribution is 2.57. The Morgan fingerprint density at radius 1 is 1.31 bits per heavy atom. The summed E-state index contributed by atoms with van der Waals surface area (Å²) in [5.41, 5.74) is 4.98. The maximum Gasteiger partial charge on any atom is 0.405 e. The molecule has 4 aliphatic carbocycles. The molecule has 2 atom stereocenters. The summed E-state index contributed by atoms with van der Waals surface area (Å²) < 4.78 is 8.84. The smallest absolute Gasteiger partial charge is 0.405 e. The summed E-state index contributed by atoms with van der Waals surface area (Å²) in [4.78, 5) is 25.1. The highest BCUT2D eigenvalue weighted by atomic mass is 16.6. The minimum absolute atomic E-state index is 0.0163. The van der Waals surface area contributed by atoms with Crippen molar-refractivity contribution in [1.29, 1.82) is 5.26 Å². The van der Waals surface area contributed by atoms with E-state index in [1.165, 1.54) is 0 Å². The molecule has 4 bridgehead atoms. The number of hydrogen-bond donors (Lipinski definition) is 2. The quantitative estimate of drug-likeness (QED) is 0.627. The minimum atomic E-state index is -0.713. The molecule has 0 saturated heterocycles. The molecule has 2 heterocycles. The number of rotatable bonds is 7. The number of nitrogens with one attached hydrogen (secondary N) is 1. The van der Waals surface area contributed by atoms with Crippen LogP contribution in [0.1, 0.15) is 62.7 Å². The lowest BCUT2D eigenvalue weighted by molar-refractivity contribution is -0.137. The van der Waals surface area contributed by atoms with Gasteiger partial charge in [-0.15, -0.1) is 0 Å². The molecule has 2 aromatic rings. The van der Waals surface area contributed by atoms with E-state index < -0.39 is 11.7 Å². The average molecular weight is 478 g/mol. The van der Waals surface area contributed by atoms with Crippen LogP contribution in [0, 0.1) is 34.5 Å². The van der Waals surface area contributed by atoms with Gasteiger partial charge in [-0.25, -0.2) is 14.2 Å². The number of allylic oxidation sites excluding steroid dienone is 1. The number of ether oxygens (including phenoxy) is 1. The van der Waals surface area contributed by atoms with Crippen molar-refractivity contribution in [3.05, 3.63) is 36.3 Å². The Morgan fingerprint density at radius 2 is 2.06 bits per heavy atom. The van der Waals surface area contributed by atoms with Gasteiger partial charge in [0.15, 0.2) is 5.82 Å². The van der Waals surface area contributed by atoms with Crippen LogP contribution in [0.2, 0.25) is 0 Å². The molecule has 6 rings (SSSR count). The summed E-state index contributed by atoms with van der Waals surface area (Å²) in [7, 11) is 0. The fourth-order valence-corrected chi connectivity index (χ4v) is 6.54. The van der Waals surface area contributed by atoms with Crippen molar-refractivity contribution < 1.29 is 14.3 Å². The first kappa shape index (κ1) is 23.1. The number of carbonyl (C=O) groups is 2. The first-order valence-corrected chi connectivity index (χ1v) is 12.1. The number of nitriles is 1. The van der Waals surface area contributed by atoms with Crippen molar-refractivity contribution in [2.45, 2.75) is 64.0 Å². The van der Waals surface area contributed by atoms with Crippen LogP contribution in [0.3, 0.4) is 0 Å². The Kier molecular flexibility index (Phi) is 5.66. The number of nitrogens with zero attached hydrogens (tertiary/aromatic N) is 5. The van der Waals surface area contributed by atoms with Crippen molar-refractivity contribution in [2.75, 3.05) is 0 Å².